The number of amides is 1. The van der Waals surface area contributed by atoms with Crippen LogP contribution in [-0.2, 0) is 4.79 Å². The van der Waals surface area contributed by atoms with E-state index in [0.717, 1.165) is 5.75 Å². The maximum absolute atomic E-state index is 10.4. The summed E-state index contributed by atoms with van der Waals surface area (Å²) in [5.41, 5.74) is 5.22. The highest BCUT2D eigenvalue weighted by molar-refractivity contribution is 8.13. The second-order valence-electron chi connectivity index (χ2n) is 1.44. The minimum atomic E-state index is -0.0961. The Morgan fingerprint density at radius 2 is 2.50 bits per heavy atom. The molecule has 4 heteroatoms. The summed E-state index contributed by atoms with van der Waals surface area (Å²) in [6.45, 7) is 0. The minimum Gasteiger partial charge on any atom is -0.378 e. The van der Waals surface area contributed by atoms with E-state index < -0.39 is 0 Å². The average Bonchev–Trinajstić information content (AvgIpc) is 1.64. The summed E-state index contributed by atoms with van der Waals surface area (Å²) in [7, 11) is 0. The first-order chi connectivity index (χ1) is 3.79. The summed E-state index contributed by atoms with van der Waals surface area (Å²) in [5.74, 6) is 0.690. The van der Waals surface area contributed by atoms with Gasteiger partial charge < -0.3 is 5.73 Å². The van der Waals surface area contributed by atoms with Gasteiger partial charge in [-0.3, -0.25) is 4.79 Å². The lowest BCUT2D eigenvalue weighted by Gasteiger charge is -2.02. The van der Waals surface area contributed by atoms with Crippen LogP contribution in [0.15, 0.2) is 4.99 Å². The van der Waals surface area contributed by atoms with E-state index in [-0.39, 0.29) is 5.91 Å². The Morgan fingerprint density at radius 3 is 2.88 bits per heavy atom. The van der Waals surface area contributed by atoms with Gasteiger partial charge in [0.05, 0.1) is 0 Å². The Bertz CT molecular complexity index is 143. The van der Waals surface area contributed by atoms with Gasteiger partial charge in [-0.2, -0.15) is 4.99 Å². The number of hydrogen-bond acceptors (Lipinski definition) is 3. The number of rotatable bonds is 0. The summed E-state index contributed by atoms with van der Waals surface area (Å²) in [5, 5.41) is 0.404. The van der Waals surface area contributed by atoms with Crippen LogP contribution in [0.2, 0.25) is 0 Å². The molecule has 0 saturated carbocycles. The van der Waals surface area contributed by atoms with Gasteiger partial charge in [0.25, 0.3) is 0 Å². The van der Waals surface area contributed by atoms with E-state index in [4.69, 9.17) is 5.73 Å². The first-order valence-corrected chi connectivity index (χ1v) is 3.27. The molecule has 44 valence electrons. The molecule has 0 aromatic carbocycles. The van der Waals surface area contributed by atoms with Crippen LogP contribution in [0.4, 0.5) is 0 Å². The highest BCUT2D eigenvalue weighted by Gasteiger charge is 2.07. The van der Waals surface area contributed by atoms with Gasteiger partial charge in [-0.05, 0) is 0 Å². The Kier molecular flexibility index (Phi) is 1.53. The molecule has 0 aliphatic carbocycles. The van der Waals surface area contributed by atoms with E-state index in [0.29, 0.717) is 11.6 Å². The Labute approximate surface area is 51.3 Å². The number of nitrogens with zero attached hydrogens (tertiary/aromatic N) is 1. The Balaban J connectivity index is 2.64. The van der Waals surface area contributed by atoms with Crippen LogP contribution >= 0.6 is 11.8 Å². The molecule has 0 radical (unpaired) electrons. The number of nitrogens with two attached hydrogens (primary N) is 1. The molecule has 1 aliphatic heterocycles. The fraction of sp³-hybridized carbons (Fsp3) is 0.500. The van der Waals surface area contributed by atoms with Gasteiger partial charge in [-0.15, -0.1) is 0 Å². The molecule has 0 unspecified atom stereocenters. The maximum Gasteiger partial charge on any atom is 0.248 e. The van der Waals surface area contributed by atoms with Gasteiger partial charge >= 0.3 is 0 Å². The molecule has 0 saturated heterocycles. The van der Waals surface area contributed by atoms with Crippen LogP contribution in [-0.4, -0.2) is 16.8 Å². The molecule has 0 spiro atoms. The van der Waals surface area contributed by atoms with Crippen LogP contribution in [0, 0.1) is 0 Å². The largest absolute Gasteiger partial charge is 0.378 e. The number of hydrogen-bond donors (Lipinski definition) is 1. The van der Waals surface area contributed by atoms with Crippen LogP contribution in [0.1, 0.15) is 6.42 Å². The van der Waals surface area contributed by atoms with Gasteiger partial charge in [0.1, 0.15) is 0 Å². The third kappa shape index (κ3) is 1.23. The lowest BCUT2D eigenvalue weighted by Crippen LogP contribution is -2.15. The van der Waals surface area contributed by atoms with Crippen molar-refractivity contribution in [1.82, 2.24) is 0 Å². The first kappa shape index (κ1) is 5.62. The topological polar surface area (TPSA) is 55.4 Å². The zero-order valence-electron chi connectivity index (χ0n) is 4.26. The molecule has 1 heterocycles. The zero-order chi connectivity index (χ0) is 5.98. The fourth-order valence-corrected chi connectivity index (χ4v) is 1.11. The molecule has 3 nitrogen and oxygen atoms in total. The van der Waals surface area contributed by atoms with E-state index in [9.17, 15) is 4.79 Å². The molecule has 1 rings (SSSR count). The fourth-order valence-electron chi connectivity index (χ4n) is 0.454. The molecule has 0 aromatic heterocycles. The lowest BCUT2D eigenvalue weighted by atomic mass is 10.5. The third-order valence-electron chi connectivity index (χ3n) is 0.801. The van der Waals surface area contributed by atoms with Crippen molar-refractivity contribution in [3.8, 4) is 0 Å². The second-order valence-corrected chi connectivity index (χ2v) is 2.56. The SMILES string of the molecule is NC1=NC(=O)CCS1. The quantitative estimate of drug-likeness (QED) is 0.500. The zero-order valence-corrected chi connectivity index (χ0v) is 5.07. The van der Waals surface area contributed by atoms with E-state index in [1.54, 1.807) is 0 Å². The molecule has 0 fully saturated rings. The van der Waals surface area contributed by atoms with Gasteiger partial charge in [-0.1, -0.05) is 11.8 Å². The molecule has 1 amide bonds. The highest BCUT2D eigenvalue weighted by Crippen LogP contribution is 2.08. The van der Waals surface area contributed by atoms with Crippen molar-refractivity contribution in [1.29, 1.82) is 0 Å². The first-order valence-electron chi connectivity index (χ1n) is 2.29. The number of carbonyl (C=O) groups excluding carboxylic acids is 1. The Hall–Kier alpha value is -0.510. The standard InChI is InChI=1S/C4H6N2OS/c5-4-6-3(7)1-2-8-4/h1-2H2,(H2,5,6,7). The van der Waals surface area contributed by atoms with Crippen molar-refractivity contribution in [2.24, 2.45) is 10.7 Å². The molecule has 2 N–H and O–H groups in total. The highest BCUT2D eigenvalue weighted by atomic mass is 32.2. The van der Waals surface area contributed by atoms with Gasteiger partial charge in [0, 0.05) is 12.2 Å². The monoisotopic (exact) mass is 130 g/mol. The van der Waals surface area contributed by atoms with Crippen molar-refractivity contribution in [3.05, 3.63) is 0 Å². The average molecular weight is 130 g/mol. The van der Waals surface area contributed by atoms with Gasteiger partial charge in [0.15, 0.2) is 5.17 Å². The number of amidine groups is 1. The molecule has 8 heavy (non-hydrogen) atoms. The number of aliphatic imine (C=N–C) groups is 1. The lowest BCUT2D eigenvalue weighted by molar-refractivity contribution is -0.117. The molecular weight excluding hydrogens is 124 g/mol. The van der Waals surface area contributed by atoms with Crippen LogP contribution in [0.5, 0.6) is 0 Å². The van der Waals surface area contributed by atoms with Crippen molar-refractivity contribution in [3.63, 3.8) is 0 Å². The van der Waals surface area contributed by atoms with Crippen molar-refractivity contribution < 1.29 is 4.79 Å². The second kappa shape index (κ2) is 2.17. The predicted octanol–water partition coefficient (Wildman–Crippen LogP) is -0.0354. The summed E-state index contributed by atoms with van der Waals surface area (Å²) < 4.78 is 0. The smallest absolute Gasteiger partial charge is 0.248 e. The predicted molar refractivity (Wildman–Crippen MR) is 33.7 cm³/mol. The molecule has 1 aliphatic rings. The summed E-state index contributed by atoms with van der Waals surface area (Å²) in [6, 6.07) is 0. The summed E-state index contributed by atoms with van der Waals surface area (Å²) in [4.78, 5) is 13.9. The summed E-state index contributed by atoms with van der Waals surface area (Å²) in [6.07, 6.45) is 0.533. The van der Waals surface area contributed by atoms with Gasteiger partial charge in [0.2, 0.25) is 5.91 Å². The van der Waals surface area contributed by atoms with Crippen LogP contribution in [0.25, 0.3) is 0 Å². The van der Waals surface area contributed by atoms with Crippen molar-refractivity contribution in [2.45, 2.75) is 6.42 Å². The molecular formula is C4H6N2OS. The van der Waals surface area contributed by atoms with E-state index in [1.165, 1.54) is 11.8 Å². The molecule has 0 aromatic rings. The molecule has 0 atom stereocenters. The van der Waals surface area contributed by atoms with E-state index >= 15 is 0 Å². The maximum atomic E-state index is 10.4. The van der Waals surface area contributed by atoms with Gasteiger partial charge in [-0.25, -0.2) is 0 Å². The number of carbonyl (C=O) groups is 1. The third-order valence-corrected chi connectivity index (χ3v) is 1.60. The van der Waals surface area contributed by atoms with Crippen LogP contribution in [0.3, 0.4) is 0 Å². The van der Waals surface area contributed by atoms with Crippen LogP contribution < -0.4 is 5.73 Å². The van der Waals surface area contributed by atoms with Crippen molar-refractivity contribution in [2.75, 3.05) is 5.75 Å². The normalized spacial score (nSPS) is 20.5. The Morgan fingerprint density at radius 1 is 1.75 bits per heavy atom. The van der Waals surface area contributed by atoms with Crippen molar-refractivity contribution >= 4 is 22.8 Å². The minimum absolute atomic E-state index is 0.0961. The van der Waals surface area contributed by atoms with E-state index in [2.05, 4.69) is 4.99 Å². The number of thioether (sulfide) groups is 1. The van der Waals surface area contributed by atoms with E-state index in [1.807, 2.05) is 0 Å². The summed E-state index contributed by atoms with van der Waals surface area (Å²) >= 11 is 1.43. The molecule has 0 bridgehead atoms.